The Hall–Kier alpha value is -1.36. The van der Waals surface area contributed by atoms with Crippen molar-refractivity contribution in [3.05, 3.63) is 52.3 Å². The summed E-state index contributed by atoms with van der Waals surface area (Å²) in [6.45, 7) is 5.76. The lowest BCUT2D eigenvalue weighted by molar-refractivity contribution is 0.220. The lowest BCUT2D eigenvalue weighted by atomic mass is 10.1. The summed E-state index contributed by atoms with van der Waals surface area (Å²) in [6.07, 6.45) is 1.06. The Morgan fingerprint density at radius 3 is 2.73 bits per heavy atom. The average molecular weight is 320 g/mol. The molecule has 1 unspecified atom stereocenters. The fraction of sp³-hybridized carbons (Fsp3) is 0.471. The summed E-state index contributed by atoms with van der Waals surface area (Å²) in [7, 11) is 0. The Kier molecular flexibility index (Phi) is 4.81. The topological polar surface area (TPSA) is 41.3 Å². The zero-order chi connectivity index (χ0) is 15.5. The fourth-order valence-corrected chi connectivity index (χ4v) is 3.35. The molecule has 118 valence electrons. The van der Waals surface area contributed by atoms with E-state index >= 15 is 0 Å². The van der Waals surface area contributed by atoms with Crippen molar-refractivity contribution in [2.45, 2.75) is 26.4 Å². The summed E-state index contributed by atoms with van der Waals surface area (Å²) in [5.41, 5.74) is 3.30. The number of hydrogen-bond acceptors (Lipinski definition) is 3. The quantitative estimate of drug-likeness (QED) is 0.921. The second-order valence-electron chi connectivity index (χ2n) is 6.07. The Bertz CT molecular complexity index is 626. The van der Waals surface area contributed by atoms with Gasteiger partial charge in [-0.1, -0.05) is 41.9 Å². The maximum Gasteiger partial charge on any atom is 0.132 e. The molecule has 0 spiro atoms. The largest absolute Gasteiger partial charge is 0.396 e. The van der Waals surface area contributed by atoms with Crippen molar-refractivity contribution in [2.24, 2.45) is 5.92 Å². The van der Waals surface area contributed by atoms with Crippen LogP contribution < -0.4 is 0 Å². The number of nitrogens with zero attached hydrogens (tertiary/aromatic N) is 3. The Balaban J connectivity index is 1.73. The summed E-state index contributed by atoms with van der Waals surface area (Å²) >= 11 is 6.55. The second kappa shape index (κ2) is 6.82. The van der Waals surface area contributed by atoms with Crippen LogP contribution >= 0.6 is 11.6 Å². The molecule has 1 aromatic carbocycles. The highest BCUT2D eigenvalue weighted by Gasteiger charge is 2.24. The molecule has 1 saturated heterocycles. The average Bonchev–Trinajstić information content (AvgIpc) is 3.09. The predicted molar refractivity (Wildman–Crippen MR) is 88.0 cm³/mol. The summed E-state index contributed by atoms with van der Waals surface area (Å²) in [4.78, 5) is 2.35. The zero-order valence-electron chi connectivity index (χ0n) is 12.9. The van der Waals surface area contributed by atoms with Crippen LogP contribution in [0.4, 0.5) is 0 Å². The zero-order valence-corrected chi connectivity index (χ0v) is 13.6. The summed E-state index contributed by atoms with van der Waals surface area (Å²) in [6, 6.07) is 10.2. The van der Waals surface area contributed by atoms with E-state index in [1.807, 2.05) is 29.8 Å². The minimum atomic E-state index is 0.274. The maximum absolute atomic E-state index is 9.26. The number of halogens is 1. The van der Waals surface area contributed by atoms with Crippen molar-refractivity contribution < 1.29 is 5.11 Å². The number of aromatic nitrogens is 2. The number of aliphatic hydroxyl groups excluding tert-OH is 1. The summed E-state index contributed by atoms with van der Waals surface area (Å²) in [5, 5.41) is 14.6. The number of hydrogen-bond donors (Lipinski definition) is 1. The molecule has 0 bridgehead atoms. The van der Waals surface area contributed by atoms with Gasteiger partial charge in [0.05, 0.1) is 12.2 Å². The molecule has 2 heterocycles. The van der Waals surface area contributed by atoms with E-state index in [1.165, 1.54) is 5.56 Å². The summed E-state index contributed by atoms with van der Waals surface area (Å²) in [5.74, 6) is 0.401. The van der Waals surface area contributed by atoms with Gasteiger partial charge in [-0.2, -0.15) is 5.10 Å². The molecular weight excluding hydrogens is 298 g/mol. The molecule has 0 aliphatic carbocycles. The lowest BCUT2D eigenvalue weighted by Crippen LogP contribution is -2.21. The van der Waals surface area contributed by atoms with Crippen LogP contribution in [0.5, 0.6) is 0 Å². The third-order valence-electron chi connectivity index (χ3n) is 4.37. The molecular formula is C17H22ClN3O. The number of likely N-dealkylation sites (tertiary alicyclic amines) is 1. The number of aliphatic hydroxyl groups is 1. The Morgan fingerprint density at radius 2 is 2.05 bits per heavy atom. The molecule has 1 atom stereocenters. The van der Waals surface area contributed by atoms with Gasteiger partial charge < -0.3 is 5.11 Å². The molecule has 22 heavy (non-hydrogen) atoms. The number of aryl methyl sites for hydroxylation is 1. The molecule has 1 aliphatic rings. The van der Waals surface area contributed by atoms with Crippen molar-refractivity contribution in [2.75, 3.05) is 19.7 Å². The number of benzene rings is 1. The van der Waals surface area contributed by atoms with Crippen LogP contribution in [-0.2, 0) is 13.1 Å². The third-order valence-corrected chi connectivity index (χ3v) is 4.79. The first kappa shape index (κ1) is 15.5. The molecule has 5 heteroatoms. The van der Waals surface area contributed by atoms with Crippen LogP contribution in [0, 0.1) is 12.8 Å². The van der Waals surface area contributed by atoms with E-state index in [9.17, 15) is 5.11 Å². The molecule has 2 aromatic rings. The van der Waals surface area contributed by atoms with Crippen molar-refractivity contribution >= 4 is 11.6 Å². The molecule has 0 saturated carbocycles. The molecule has 3 rings (SSSR count). The van der Waals surface area contributed by atoms with E-state index < -0.39 is 0 Å². The second-order valence-corrected chi connectivity index (χ2v) is 6.43. The van der Waals surface area contributed by atoms with Crippen LogP contribution in [0.1, 0.15) is 23.2 Å². The van der Waals surface area contributed by atoms with Gasteiger partial charge in [0.1, 0.15) is 5.15 Å². The van der Waals surface area contributed by atoms with Crippen LogP contribution in [-0.4, -0.2) is 39.5 Å². The van der Waals surface area contributed by atoms with Crippen LogP contribution in [0.3, 0.4) is 0 Å². The molecule has 0 amide bonds. The minimum absolute atomic E-state index is 0.274. The van der Waals surface area contributed by atoms with Gasteiger partial charge >= 0.3 is 0 Å². The van der Waals surface area contributed by atoms with Gasteiger partial charge in [0.15, 0.2) is 0 Å². The maximum atomic E-state index is 9.26. The van der Waals surface area contributed by atoms with E-state index in [-0.39, 0.29) is 6.61 Å². The normalized spacial score (nSPS) is 19.0. The highest BCUT2D eigenvalue weighted by Crippen LogP contribution is 2.25. The number of rotatable bonds is 5. The van der Waals surface area contributed by atoms with Gasteiger partial charge in [-0.25, -0.2) is 4.68 Å². The van der Waals surface area contributed by atoms with E-state index in [0.29, 0.717) is 12.5 Å². The molecule has 4 nitrogen and oxygen atoms in total. The molecule has 1 aromatic heterocycles. The standard InChI is InChI=1S/C17H22ClN3O/c1-13-16(11-20-8-7-15(9-20)12-22)17(18)21(19-13)10-14-5-3-2-4-6-14/h2-6,15,22H,7-12H2,1H3. The van der Waals surface area contributed by atoms with Crippen molar-refractivity contribution in [3.8, 4) is 0 Å². The smallest absolute Gasteiger partial charge is 0.132 e. The van der Waals surface area contributed by atoms with Gasteiger partial charge in [-0.15, -0.1) is 0 Å². The van der Waals surface area contributed by atoms with Crippen LogP contribution in [0.2, 0.25) is 5.15 Å². The van der Waals surface area contributed by atoms with Crippen molar-refractivity contribution in [3.63, 3.8) is 0 Å². The first-order valence-electron chi connectivity index (χ1n) is 7.76. The molecule has 0 radical (unpaired) electrons. The lowest BCUT2D eigenvalue weighted by Gasteiger charge is -2.15. The molecule has 1 fully saturated rings. The van der Waals surface area contributed by atoms with Gasteiger partial charge in [0, 0.05) is 25.3 Å². The van der Waals surface area contributed by atoms with Gasteiger partial charge in [-0.3, -0.25) is 4.90 Å². The summed E-state index contributed by atoms with van der Waals surface area (Å²) < 4.78 is 1.88. The Morgan fingerprint density at radius 1 is 1.27 bits per heavy atom. The van der Waals surface area contributed by atoms with E-state index in [0.717, 1.165) is 42.5 Å². The van der Waals surface area contributed by atoms with E-state index in [2.05, 4.69) is 22.1 Å². The van der Waals surface area contributed by atoms with E-state index in [1.54, 1.807) is 0 Å². The highest BCUT2D eigenvalue weighted by molar-refractivity contribution is 6.30. The van der Waals surface area contributed by atoms with Crippen LogP contribution in [0.15, 0.2) is 30.3 Å². The molecule has 1 aliphatic heterocycles. The third kappa shape index (κ3) is 3.35. The molecule has 1 N–H and O–H groups in total. The monoisotopic (exact) mass is 319 g/mol. The Labute approximate surface area is 136 Å². The van der Waals surface area contributed by atoms with Gasteiger partial charge in [-0.05, 0) is 31.4 Å². The van der Waals surface area contributed by atoms with Crippen LogP contribution in [0.25, 0.3) is 0 Å². The highest BCUT2D eigenvalue weighted by atomic mass is 35.5. The fourth-order valence-electron chi connectivity index (χ4n) is 3.06. The van der Waals surface area contributed by atoms with Gasteiger partial charge in [0.25, 0.3) is 0 Å². The first-order valence-corrected chi connectivity index (χ1v) is 8.14. The van der Waals surface area contributed by atoms with Gasteiger partial charge in [0.2, 0.25) is 0 Å². The van der Waals surface area contributed by atoms with Crippen molar-refractivity contribution in [1.82, 2.24) is 14.7 Å². The first-order chi connectivity index (χ1) is 10.7. The van der Waals surface area contributed by atoms with E-state index in [4.69, 9.17) is 11.6 Å². The van der Waals surface area contributed by atoms with Crippen molar-refractivity contribution in [1.29, 1.82) is 0 Å². The SMILES string of the molecule is Cc1nn(Cc2ccccc2)c(Cl)c1CN1CCC(CO)C1. The predicted octanol–water partition coefficient (Wildman–Crippen LogP) is 2.71. The minimum Gasteiger partial charge on any atom is -0.396 e.